The van der Waals surface area contributed by atoms with Crippen LogP contribution in [-0.4, -0.2) is 25.8 Å². The van der Waals surface area contributed by atoms with E-state index < -0.39 is 5.97 Å². The number of carboxylic acid groups (broad SMARTS) is 1. The Morgan fingerprint density at radius 1 is 1.50 bits per heavy atom. The molecule has 0 saturated carbocycles. The molecule has 2 aromatic rings. The van der Waals surface area contributed by atoms with Crippen molar-refractivity contribution in [3.63, 3.8) is 0 Å². The van der Waals surface area contributed by atoms with E-state index in [-0.39, 0.29) is 10.0 Å². The number of aromatic nitrogens is 3. The average molecular weight is 286 g/mol. The second-order valence-electron chi connectivity index (χ2n) is 3.84. The first-order chi connectivity index (χ1) is 8.45. The molecule has 1 N–H and O–H groups in total. The number of carboxylic acids is 1. The van der Waals surface area contributed by atoms with Gasteiger partial charge in [-0.2, -0.15) is 5.10 Å². The van der Waals surface area contributed by atoms with Gasteiger partial charge < -0.3 is 5.11 Å². The first-order valence-electron chi connectivity index (χ1n) is 5.40. The number of aromatic carboxylic acids is 1. The van der Waals surface area contributed by atoms with Gasteiger partial charge in [0.05, 0.1) is 5.69 Å². The zero-order valence-electron chi connectivity index (χ0n) is 10.2. The first kappa shape index (κ1) is 13.0. The molecule has 18 heavy (non-hydrogen) atoms. The average Bonchev–Trinajstić information content (AvgIpc) is 2.80. The van der Waals surface area contributed by atoms with E-state index in [0.29, 0.717) is 5.13 Å². The molecule has 0 aromatic carbocycles. The Morgan fingerprint density at radius 2 is 2.17 bits per heavy atom. The summed E-state index contributed by atoms with van der Waals surface area (Å²) >= 11 is 6.83. The van der Waals surface area contributed by atoms with Crippen molar-refractivity contribution < 1.29 is 9.90 Å². The quantitative estimate of drug-likeness (QED) is 0.941. The fourth-order valence-corrected chi connectivity index (χ4v) is 3.01. The molecule has 2 aromatic heterocycles. The van der Waals surface area contributed by atoms with E-state index in [9.17, 15) is 4.79 Å². The van der Waals surface area contributed by atoms with Crippen molar-refractivity contribution in [3.05, 3.63) is 27.0 Å². The Kier molecular flexibility index (Phi) is 3.41. The highest BCUT2D eigenvalue weighted by Gasteiger charge is 2.19. The number of nitrogens with zero attached hydrogens (tertiary/aromatic N) is 3. The number of carbonyl (C=O) groups is 1. The Balaban J connectivity index is 2.56. The largest absolute Gasteiger partial charge is 0.477 e. The third kappa shape index (κ3) is 2.02. The molecule has 5 nitrogen and oxygen atoms in total. The van der Waals surface area contributed by atoms with Crippen molar-refractivity contribution in [2.24, 2.45) is 0 Å². The molecule has 96 valence electrons. The molecular weight excluding hydrogens is 274 g/mol. The van der Waals surface area contributed by atoms with Gasteiger partial charge in [0.2, 0.25) is 5.13 Å². The van der Waals surface area contributed by atoms with Crippen LogP contribution in [0.3, 0.4) is 0 Å². The maximum atomic E-state index is 10.9. The standard InChI is InChI=1S/C11H12ClN3O2S/c1-4-7-5(2)14-15(6(7)3)11-13-9(12)8(18-11)10(16)17/h4H2,1-3H3,(H,16,17). The molecule has 0 saturated heterocycles. The molecule has 0 bridgehead atoms. The lowest BCUT2D eigenvalue weighted by molar-refractivity contribution is 0.0702. The van der Waals surface area contributed by atoms with Gasteiger partial charge in [0, 0.05) is 5.69 Å². The normalized spacial score (nSPS) is 10.9. The van der Waals surface area contributed by atoms with E-state index in [4.69, 9.17) is 16.7 Å². The fraction of sp³-hybridized carbons (Fsp3) is 0.364. The molecule has 0 unspecified atom stereocenters. The van der Waals surface area contributed by atoms with Crippen LogP contribution in [-0.2, 0) is 6.42 Å². The maximum Gasteiger partial charge on any atom is 0.349 e. The Labute approximate surface area is 113 Å². The van der Waals surface area contributed by atoms with Crippen molar-refractivity contribution in [2.75, 3.05) is 0 Å². The van der Waals surface area contributed by atoms with Crippen molar-refractivity contribution in [3.8, 4) is 5.13 Å². The lowest BCUT2D eigenvalue weighted by Crippen LogP contribution is -1.98. The molecular formula is C11H12ClN3O2S. The minimum absolute atomic E-state index is 0.00750. The van der Waals surface area contributed by atoms with E-state index >= 15 is 0 Å². The van der Waals surface area contributed by atoms with Gasteiger partial charge in [-0.05, 0) is 25.8 Å². The van der Waals surface area contributed by atoms with Gasteiger partial charge in [0.1, 0.15) is 0 Å². The Bertz CT molecular complexity index is 618. The molecule has 0 amide bonds. The maximum absolute atomic E-state index is 10.9. The predicted octanol–water partition coefficient (Wildman–Crippen LogP) is 2.86. The van der Waals surface area contributed by atoms with Crippen LogP contribution in [0, 0.1) is 13.8 Å². The van der Waals surface area contributed by atoms with E-state index in [2.05, 4.69) is 17.0 Å². The topological polar surface area (TPSA) is 68.0 Å². The van der Waals surface area contributed by atoms with Crippen LogP contribution in [0.15, 0.2) is 0 Å². The highest BCUT2D eigenvalue weighted by atomic mass is 35.5. The SMILES string of the molecule is CCc1c(C)nn(-c2nc(Cl)c(C(=O)O)s2)c1C. The number of halogens is 1. The summed E-state index contributed by atoms with van der Waals surface area (Å²) in [6.07, 6.45) is 0.878. The third-order valence-corrected chi connectivity index (χ3v) is 4.15. The molecule has 7 heteroatoms. The van der Waals surface area contributed by atoms with Crippen molar-refractivity contribution in [1.82, 2.24) is 14.8 Å². The minimum Gasteiger partial charge on any atom is -0.477 e. The molecule has 0 fully saturated rings. The summed E-state index contributed by atoms with van der Waals surface area (Å²) in [6, 6.07) is 0. The predicted molar refractivity (Wildman–Crippen MR) is 70.1 cm³/mol. The highest BCUT2D eigenvalue weighted by Crippen LogP contribution is 2.27. The summed E-state index contributed by atoms with van der Waals surface area (Å²) in [5.41, 5.74) is 3.05. The number of hydrogen-bond acceptors (Lipinski definition) is 4. The van der Waals surface area contributed by atoms with Gasteiger partial charge in [-0.15, -0.1) is 0 Å². The van der Waals surface area contributed by atoms with Crippen LogP contribution < -0.4 is 0 Å². The van der Waals surface area contributed by atoms with Gasteiger partial charge in [0.25, 0.3) is 0 Å². The molecule has 0 atom stereocenters. The second-order valence-corrected chi connectivity index (χ2v) is 5.17. The summed E-state index contributed by atoms with van der Waals surface area (Å²) in [6.45, 7) is 5.92. The van der Waals surface area contributed by atoms with E-state index in [1.54, 1.807) is 4.68 Å². The van der Waals surface area contributed by atoms with Crippen LogP contribution in [0.2, 0.25) is 5.15 Å². The number of hydrogen-bond donors (Lipinski definition) is 1. The van der Waals surface area contributed by atoms with Crippen LogP contribution in [0.1, 0.15) is 33.5 Å². The monoisotopic (exact) mass is 285 g/mol. The first-order valence-corrected chi connectivity index (χ1v) is 6.60. The zero-order valence-corrected chi connectivity index (χ0v) is 11.8. The van der Waals surface area contributed by atoms with Gasteiger partial charge >= 0.3 is 5.97 Å². The summed E-state index contributed by atoms with van der Waals surface area (Å²) in [5, 5.41) is 13.8. The number of aryl methyl sites for hydroxylation is 1. The van der Waals surface area contributed by atoms with Gasteiger partial charge in [-0.25, -0.2) is 14.5 Å². The lowest BCUT2D eigenvalue weighted by Gasteiger charge is -1.99. The Morgan fingerprint density at radius 3 is 2.61 bits per heavy atom. The van der Waals surface area contributed by atoms with Gasteiger partial charge in [0.15, 0.2) is 10.0 Å². The smallest absolute Gasteiger partial charge is 0.349 e. The summed E-state index contributed by atoms with van der Waals surface area (Å²) in [7, 11) is 0. The van der Waals surface area contributed by atoms with Crippen molar-refractivity contribution in [1.29, 1.82) is 0 Å². The minimum atomic E-state index is -1.07. The molecule has 0 radical (unpaired) electrons. The van der Waals surface area contributed by atoms with Crippen LogP contribution >= 0.6 is 22.9 Å². The van der Waals surface area contributed by atoms with Gasteiger partial charge in [-0.3, -0.25) is 0 Å². The molecule has 0 spiro atoms. The van der Waals surface area contributed by atoms with Crippen molar-refractivity contribution >= 4 is 28.9 Å². The third-order valence-electron chi connectivity index (χ3n) is 2.74. The fourth-order valence-electron chi connectivity index (χ4n) is 1.89. The van der Waals surface area contributed by atoms with E-state index in [1.807, 2.05) is 13.8 Å². The summed E-state index contributed by atoms with van der Waals surface area (Å²) < 4.78 is 1.65. The number of rotatable bonds is 3. The summed E-state index contributed by atoms with van der Waals surface area (Å²) in [4.78, 5) is 15.0. The molecule has 2 rings (SSSR count). The molecule has 0 aliphatic heterocycles. The number of thiazole rings is 1. The molecule has 0 aliphatic carbocycles. The van der Waals surface area contributed by atoms with E-state index in [0.717, 1.165) is 34.7 Å². The Hall–Kier alpha value is -1.40. The van der Waals surface area contributed by atoms with Crippen LogP contribution in [0.25, 0.3) is 5.13 Å². The summed E-state index contributed by atoms with van der Waals surface area (Å²) in [5.74, 6) is -1.07. The highest BCUT2D eigenvalue weighted by molar-refractivity contribution is 7.16. The van der Waals surface area contributed by atoms with Crippen molar-refractivity contribution in [2.45, 2.75) is 27.2 Å². The zero-order chi connectivity index (χ0) is 13.4. The van der Waals surface area contributed by atoms with Crippen LogP contribution in [0.4, 0.5) is 0 Å². The van der Waals surface area contributed by atoms with Crippen LogP contribution in [0.5, 0.6) is 0 Å². The van der Waals surface area contributed by atoms with E-state index in [1.165, 1.54) is 0 Å². The lowest BCUT2D eigenvalue weighted by atomic mass is 10.1. The second kappa shape index (κ2) is 4.70. The molecule has 2 heterocycles. The van der Waals surface area contributed by atoms with Gasteiger partial charge in [-0.1, -0.05) is 29.9 Å². The molecule has 0 aliphatic rings.